The van der Waals surface area contributed by atoms with E-state index >= 15 is 0 Å². The van der Waals surface area contributed by atoms with Crippen molar-refractivity contribution >= 4 is 11.8 Å². The lowest BCUT2D eigenvalue weighted by atomic mass is 9.80. The van der Waals surface area contributed by atoms with Crippen LogP contribution in [-0.2, 0) is 0 Å². The average molecular weight is 262 g/mol. The average Bonchev–Trinajstić information content (AvgIpc) is 2.37. The molecule has 19 heavy (non-hydrogen) atoms. The van der Waals surface area contributed by atoms with Gasteiger partial charge >= 0.3 is 5.97 Å². The zero-order valence-electron chi connectivity index (χ0n) is 11.6. The maximum absolute atomic E-state index is 11.2. The van der Waals surface area contributed by atoms with Crippen LogP contribution in [0.5, 0.6) is 0 Å². The molecule has 2 atom stereocenters. The number of anilines is 1. The molecule has 0 bridgehead atoms. The molecule has 1 heterocycles. The minimum atomic E-state index is -0.924. The predicted octanol–water partition coefficient (Wildman–Crippen LogP) is 3.33. The molecule has 0 saturated heterocycles. The van der Waals surface area contributed by atoms with Gasteiger partial charge in [-0.25, -0.2) is 9.78 Å². The van der Waals surface area contributed by atoms with Crippen molar-refractivity contribution in [3.8, 4) is 0 Å². The maximum atomic E-state index is 11.2. The number of hydrogen-bond acceptors (Lipinski definition) is 3. The highest BCUT2D eigenvalue weighted by Crippen LogP contribution is 2.29. The quantitative estimate of drug-likeness (QED) is 0.873. The van der Waals surface area contributed by atoms with Crippen LogP contribution in [0.25, 0.3) is 0 Å². The number of nitrogens with zero attached hydrogens (tertiary/aromatic N) is 1. The van der Waals surface area contributed by atoms with E-state index < -0.39 is 5.97 Å². The summed E-state index contributed by atoms with van der Waals surface area (Å²) in [4.78, 5) is 15.5. The van der Waals surface area contributed by atoms with E-state index in [0.29, 0.717) is 17.7 Å². The number of aromatic nitrogens is 1. The Morgan fingerprint density at radius 2 is 2.16 bits per heavy atom. The second-order valence-electron chi connectivity index (χ2n) is 5.56. The summed E-state index contributed by atoms with van der Waals surface area (Å²) in [5, 5.41) is 12.4. The van der Waals surface area contributed by atoms with Gasteiger partial charge in [0.25, 0.3) is 0 Å². The van der Waals surface area contributed by atoms with Crippen LogP contribution >= 0.6 is 0 Å². The van der Waals surface area contributed by atoms with Crippen LogP contribution in [0, 0.1) is 18.8 Å². The highest BCUT2D eigenvalue weighted by atomic mass is 16.4. The summed E-state index contributed by atoms with van der Waals surface area (Å²) in [5.41, 5.74) is 1.10. The van der Waals surface area contributed by atoms with Gasteiger partial charge in [0, 0.05) is 12.2 Å². The minimum Gasteiger partial charge on any atom is -0.478 e. The molecule has 1 fully saturated rings. The predicted molar refractivity (Wildman–Crippen MR) is 75.5 cm³/mol. The van der Waals surface area contributed by atoms with Crippen molar-refractivity contribution in [2.24, 2.45) is 11.8 Å². The molecule has 1 aromatic heterocycles. The third-order valence-corrected chi connectivity index (χ3v) is 4.09. The molecular formula is C15H22N2O2. The lowest BCUT2D eigenvalue weighted by Crippen LogP contribution is -2.25. The third kappa shape index (κ3) is 3.46. The molecule has 1 aliphatic rings. The zero-order valence-corrected chi connectivity index (χ0v) is 11.6. The summed E-state index contributed by atoms with van der Waals surface area (Å²) in [6.07, 6.45) is 5.10. The minimum absolute atomic E-state index is 0.258. The fourth-order valence-corrected chi connectivity index (χ4v) is 2.79. The highest BCUT2D eigenvalue weighted by molar-refractivity contribution is 5.93. The molecule has 0 aliphatic heterocycles. The van der Waals surface area contributed by atoms with Crippen LogP contribution < -0.4 is 5.32 Å². The molecule has 0 amide bonds. The Morgan fingerprint density at radius 1 is 1.42 bits per heavy atom. The Kier molecular flexibility index (Phi) is 4.40. The molecule has 2 rings (SSSR count). The van der Waals surface area contributed by atoms with Crippen LogP contribution in [-0.4, -0.2) is 22.6 Å². The van der Waals surface area contributed by atoms with Crippen LogP contribution in [0.3, 0.4) is 0 Å². The first-order valence-corrected chi connectivity index (χ1v) is 7.02. The maximum Gasteiger partial charge on any atom is 0.339 e. The van der Waals surface area contributed by atoms with E-state index in [9.17, 15) is 4.79 Å². The Hall–Kier alpha value is -1.58. The number of carboxylic acids is 1. The first kappa shape index (κ1) is 13.8. The highest BCUT2D eigenvalue weighted by Gasteiger charge is 2.22. The summed E-state index contributed by atoms with van der Waals surface area (Å²) < 4.78 is 0. The Bertz CT molecular complexity index is 459. The summed E-state index contributed by atoms with van der Waals surface area (Å²) in [5.74, 6) is 0.911. The van der Waals surface area contributed by atoms with Gasteiger partial charge in [0.15, 0.2) is 0 Å². The first-order chi connectivity index (χ1) is 9.08. The van der Waals surface area contributed by atoms with Gasteiger partial charge in [-0.05, 0) is 37.3 Å². The van der Waals surface area contributed by atoms with Gasteiger partial charge in [-0.3, -0.25) is 0 Å². The van der Waals surface area contributed by atoms with E-state index in [-0.39, 0.29) is 5.56 Å². The third-order valence-electron chi connectivity index (χ3n) is 4.09. The molecule has 4 nitrogen and oxygen atoms in total. The molecule has 0 aromatic carbocycles. The van der Waals surface area contributed by atoms with Gasteiger partial charge in [-0.15, -0.1) is 0 Å². The molecule has 2 unspecified atom stereocenters. The molecule has 104 valence electrons. The Balaban J connectivity index is 2.05. The normalized spacial score (nSPS) is 23.1. The van der Waals surface area contributed by atoms with Crippen molar-refractivity contribution in [3.63, 3.8) is 0 Å². The molecule has 0 spiro atoms. The molecule has 4 heteroatoms. The van der Waals surface area contributed by atoms with Crippen molar-refractivity contribution in [2.75, 3.05) is 11.9 Å². The summed E-state index contributed by atoms with van der Waals surface area (Å²) in [6, 6.07) is 3.36. The fourth-order valence-electron chi connectivity index (χ4n) is 2.79. The van der Waals surface area contributed by atoms with Crippen LogP contribution in [0.15, 0.2) is 12.1 Å². The number of pyridine rings is 1. The fraction of sp³-hybridized carbons (Fsp3) is 0.600. The van der Waals surface area contributed by atoms with E-state index in [2.05, 4.69) is 17.2 Å². The summed E-state index contributed by atoms with van der Waals surface area (Å²) >= 11 is 0. The van der Waals surface area contributed by atoms with Gasteiger partial charge < -0.3 is 10.4 Å². The monoisotopic (exact) mass is 262 g/mol. The lowest BCUT2D eigenvalue weighted by Gasteiger charge is -2.29. The van der Waals surface area contributed by atoms with E-state index in [1.54, 1.807) is 12.1 Å². The molecule has 1 aliphatic carbocycles. The van der Waals surface area contributed by atoms with E-state index in [0.717, 1.165) is 12.2 Å². The van der Waals surface area contributed by atoms with Gasteiger partial charge in [0.2, 0.25) is 0 Å². The van der Waals surface area contributed by atoms with Gasteiger partial charge in [0.05, 0.1) is 0 Å². The van der Waals surface area contributed by atoms with E-state index in [1.807, 2.05) is 6.92 Å². The topological polar surface area (TPSA) is 62.2 Å². The Morgan fingerprint density at radius 3 is 2.84 bits per heavy atom. The van der Waals surface area contributed by atoms with Crippen LogP contribution in [0.2, 0.25) is 0 Å². The van der Waals surface area contributed by atoms with Crippen molar-refractivity contribution in [2.45, 2.75) is 39.5 Å². The summed E-state index contributed by atoms with van der Waals surface area (Å²) in [6.45, 7) is 4.98. The number of carboxylic acid groups (broad SMARTS) is 1. The number of rotatable bonds is 4. The number of aryl methyl sites for hydroxylation is 1. The first-order valence-electron chi connectivity index (χ1n) is 7.02. The van der Waals surface area contributed by atoms with Gasteiger partial charge in [-0.1, -0.05) is 26.2 Å². The van der Waals surface area contributed by atoms with Crippen molar-refractivity contribution < 1.29 is 9.90 Å². The van der Waals surface area contributed by atoms with Crippen molar-refractivity contribution in [3.05, 3.63) is 23.4 Å². The van der Waals surface area contributed by atoms with Gasteiger partial charge in [-0.2, -0.15) is 0 Å². The van der Waals surface area contributed by atoms with E-state index in [4.69, 9.17) is 5.11 Å². The molecule has 0 radical (unpaired) electrons. The molecular weight excluding hydrogens is 240 g/mol. The molecule has 2 N–H and O–H groups in total. The number of aromatic carboxylic acids is 1. The van der Waals surface area contributed by atoms with Crippen molar-refractivity contribution in [1.29, 1.82) is 0 Å². The standard InChI is InChI=1S/C15H22N2O2/c1-10-5-3-4-6-12(10)9-16-14-13(15(18)19)8-7-11(2)17-14/h7-8,10,12H,3-6,9H2,1-2H3,(H,16,17)(H,18,19). The largest absolute Gasteiger partial charge is 0.478 e. The summed E-state index contributed by atoms with van der Waals surface area (Å²) in [7, 11) is 0. The lowest BCUT2D eigenvalue weighted by molar-refractivity contribution is 0.0697. The number of hydrogen-bond donors (Lipinski definition) is 2. The Labute approximate surface area is 114 Å². The molecule has 1 aromatic rings. The number of carbonyl (C=O) groups is 1. The van der Waals surface area contributed by atoms with Crippen molar-refractivity contribution in [1.82, 2.24) is 4.98 Å². The second-order valence-corrected chi connectivity index (χ2v) is 5.56. The second kappa shape index (κ2) is 6.04. The van der Waals surface area contributed by atoms with Gasteiger partial charge in [0.1, 0.15) is 11.4 Å². The SMILES string of the molecule is Cc1ccc(C(=O)O)c(NCC2CCCCC2C)n1. The zero-order chi connectivity index (χ0) is 13.8. The smallest absolute Gasteiger partial charge is 0.339 e. The van der Waals surface area contributed by atoms with E-state index in [1.165, 1.54) is 25.7 Å². The number of nitrogens with one attached hydrogen (secondary N) is 1. The van der Waals surface area contributed by atoms with Crippen LogP contribution in [0.1, 0.15) is 48.7 Å². The van der Waals surface area contributed by atoms with Crippen LogP contribution in [0.4, 0.5) is 5.82 Å². The molecule has 1 saturated carbocycles.